The van der Waals surface area contributed by atoms with Crippen LogP contribution in [-0.2, 0) is 16.1 Å². The van der Waals surface area contributed by atoms with Crippen LogP contribution in [0.1, 0.15) is 29.5 Å². The van der Waals surface area contributed by atoms with E-state index in [2.05, 4.69) is 15.5 Å². The molecule has 0 radical (unpaired) electrons. The predicted molar refractivity (Wildman–Crippen MR) is 99.0 cm³/mol. The molecule has 7 heteroatoms. The van der Waals surface area contributed by atoms with Crippen molar-refractivity contribution in [3.05, 3.63) is 28.8 Å². The number of aliphatic hydroxyl groups excluding tert-OH is 1. The second kappa shape index (κ2) is 9.54. The molecular weight excluding hydrogens is 334 g/mol. The number of benzene rings is 1. The summed E-state index contributed by atoms with van der Waals surface area (Å²) in [4.78, 5) is 26.5. The molecule has 1 saturated heterocycles. The largest absolute Gasteiger partial charge is 0.496 e. The number of nitrogens with one attached hydrogen (secondary N) is 2. The highest BCUT2D eigenvalue weighted by Gasteiger charge is 2.31. The third-order valence-electron chi connectivity index (χ3n) is 4.92. The van der Waals surface area contributed by atoms with Crippen LogP contribution < -0.4 is 15.4 Å². The lowest BCUT2D eigenvalue weighted by Crippen LogP contribution is -2.56. The van der Waals surface area contributed by atoms with Crippen molar-refractivity contribution in [3.8, 4) is 5.75 Å². The van der Waals surface area contributed by atoms with Gasteiger partial charge in [-0.05, 0) is 43.0 Å². The summed E-state index contributed by atoms with van der Waals surface area (Å²) in [7, 11) is 1.65. The van der Waals surface area contributed by atoms with E-state index in [-0.39, 0.29) is 24.8 Å². The number of ether oxygens (including phenoxy) is 1. The number of hydrogen-bond acceptors (Lipinski definition) is 5. The molecular formula is C19H29N3O4. The first kappa shape index (κ1) is 20.2. The van der Waals surface area contributed by atoms with Gasteiger partial charge in [-0.15, -0.1) is 0 Å². The van der Waals surface area contributed by atoms with Crippen LogP contribution in [0.4, 0.5) is 0 Å². The molecule has 2 amide bonds. The molecule has 1 heterocycles. The van der Waals surface area contributed by atoms with Crippen molar-refractivity contribution in [2.45, 2.75) is 39.3 Å². The lowest BCUT2D eigenvalue weighted by molar-refractivity contribution is -0.134. The van der Waals surface area contributed by atoms with Gasteiger partial charge in [0.2, 0.25) is 11.8 Å². The van der Waals surface area contributed by atoms with Crippen molar-refractivity contribution < 1.29 is 19.4 Å². The summed E-state index contributed by atoms with van der Waals surface area (Å²) in [6, 6.07) is 3.48. The molecule has 0 unspecified atom stereocenters. The monoisotopic (exact) mass is 363 g/mol. The van der Waals surface area contributed by atoms with E-state index in [9.17, 15) is 9.59 Å². The molecule has 2 rings (SSSR count). The Bertz CT molecular complexity index is 648. The number of hydrogen-bond donors (Lipinski definition) is 3. The van der Waals surface area contributed by atoms with Crippen molar-refractivity contribution in [1.29, 1.82) is 0 Å². The second-order valence-corrected chi connectivity index (χ2v) is 6.59. The Kier molecular flexibility index (Phi) is 7.41. The summed E-state index contributed by atoms with van der Waals surface area (Å²) < 4.78 is 5.36. The summed E-state index contributed by atoms with van der Waals surface area (Å²) >= 11 is 0. The highest BCUT2D eigenvalue weighted by atomic mass is 16.5. The van der Waals surface area contributed by atoms with Crippen LogP contribution in [0.5, 0.6) is 5.75 Å². The van der Waals surface area contributed by atoms with Gasteiger partial charge in [-0.1, -0.05) is 6.07 Å². The van der Waals surface area contributed by atoms with E-state index >= 15 is 0 Å². The fourth-order valence-corrected chi connectivity index (χ4v) is 3.19. The van der Waals surface area contributed by atoms with Gasteiger partial charge in [0, 0.05) is 32.8 Å². The quantitative estimate of drug-likeness (QED) is 0.585. The van der Waals surface area contributed by atoms with Crippen LogP contribution in [0.2, 0.25) is 0 Å². The molecule has 0 aromatic heterocycles. The zero-order chi connectivity index (χ0) is 19.1. The van der Waals surface area contributed by atoms with Crippen molar-refractivity contribution >= 4 is 11.8 Å². The van der Waals surface area contributed by atoms with E-state index < -0.39 is 6.04 Å². The summed E-state index contributed by atoms with van der Waals surface area (Å²) in [6.07, 6.45) is 0.627. The maximum Gasteiger partial charge on any atom is 0.237 e. The van der Waals surface area contributed by atoms with Gasteiger partial charge in [0.25, 0.3) is 0 Å². The first-order valence-electron chi connectivity index (χ1n) is 9.00. The molecule has 3 N–H and O–H groups in total. The standard InChI is InChI=1S/C19H29N3O4/c1-13-14(2)17(26-3)6-5-15(13)12-22-9-8-21-19(25)16(22)11-18(24)20-7-4-10-23/h5-6,16,23H,4,7-12H2,1-3H3,(H,20,24)(H,21,25)/t16-/m1/s1. The van der Waals surface area contributed by atoms with Gasteiger partial charge < -0.3 is 20.5 Å². The number of amides is 2. The van der Waals surface area contributed by atoms with E-state index in [1.165, 1.54) is 0 Å². The molecule has 1 aliphatic heterocycles. The van der Waals surface area contributed by atoms with Crippen LogP contribution >= 0.6 is 0 Å². The summed E-state index contributed by atoms with van der Waals surface area (Å²) in [5.74, 6) is 0.562. The molecule has 0 bridgehead atoms. The molecule has 1 fully saturated rings. The van der Waals surface area contributed by atoms with Gasteiger partial charge in [0.15, 0.2) is 0 Å². The minimum absolute atomic E-state index is 0.0341. The van der Waals surface area contributed by atoms with Crippen LogP contribution in [0.15, 0.2) is 12.1 Å². The number of rotatable bonds is 8. The lowest BCUT2D eigenvalue weighted by Gasteiger charge is -2.35. The maximum absolute atomic E-state index is 12.3. The topological polar surface area (TPSA) is 90.9 Å². The van der Waals surface area contributed by atoms with Crippen LogP contribution in [0, 0.1) is 13.8 Å². The Hall–Kier alpha value is -2.12. The Morgan fingerprint density at radius 3 is 2.85 bits per heavy atom. The third-order valence-corrected chi connectivity index (χ3v) is 4.92. The first-order chi connectivity index (χ1) is 12.5. The highest BCUT2D eigenvalue weighted by Crippen LogP contribution is 2.25. The average Bonchev–Trinajstić information content (AvgIpc) is 2.62. The Morgan fingerprint density at radius 2 is 2.15 bits per heavy atom. The molecule has 1 atom stereocenters. The SMILES string of the molecule is COc1ccc(CN2CCNC(=O)[C@H]2CC(=O)NCCCO)c(C)c1C. The average molecular weight is 363 g/mol. The Morgan fingerprint density at radius 1 is 1.38 bits per heavy atom. The van der Waals surface area contributed by atoms with E-state index in [4.69, 9.17) is 9.84 Å². The summed E-state index contributed by atoms with van der Waals surface area (Å²) in [5, 5.41) is 14.4. The number of carbonyl (C=O) groups excluding carboxylic acids is 2. The van der Waals surface area contributed by atoms with Crippen molar-refractivity contribution in [3.63, 3.8) is 0 Å². The van der Waals surface area contributed by atoms with Gasteiger partial charge in [-0.3, -0.25) is 14.5 Å². The van der Waals surface area contributed by atoms with Gasteiger partial charge in [0.05, 0.1) is 19.6 Å². The van der Waals surface area contributed by atoms with Gasteiger partial charge in [0.1, 0.15) is 5.75 Å². The first-order valence-corrected chi connectivity index (χ1v) is 9.00. The van der Waals surface area contributed by atoms with Crippen LogP contribution in [-0.4, -0.2) is 61.2 Å². The third kappa shape index (κ3) is 4.95. The molecule has 1 aliphatic rings. The highest BCUT2D eigenvalue weighted by molar-refractivity contribution is 5.88. The van der Waals surface area contributed by atoms with Crippen molar-refractivity contribution in [2.75, 3.05) is 33.4 Å². The van der Waals surface area contributed by atoms with Crippen molar-refractivity contribution in [2.24, 2.45) is 0 Å². The number of piperazine rings is 1. The van der Waals surface area contributed by atoms with E-state index in [1.807, 2.05) is 26.0 Å². The zero-order valence-electron chi connectivity index (χ0n) is 15.8. The van der Waals surface area contributed by atoms with Gasteiger partial charge in [-0.25, -0.2) is 0 Å². The molecule has 0 spiro atoms. The van der Waals surface area contributed by atoms with E-state index in [0.717, 1.165) is 22.4 Å². The predicted octanol–water partition coefficient (Wildman–Crippen LogP) is 0.501. The molecule has 26 heavy (non-hydrogen) atoms. The maximum atomic E-state index is 12.3. The molecule has 7 nitrogen and oxygen atoms in total. The number of methoxy groups -OCH3 is 1. The van der Waals surface area contributed by atoms with Gasteiger partial charge >= 0.3 is 0 Å². The molecule has 144 valence electrons. The number of aliphatic hydroxyl groups is 1. The number of carbonyl (C=O) groups is 2. The van der Waals surface area contributed by atoms with Crippen LogP contribution in [0.25, 0.3) is 0 Å². The second-order valence-electron chi connectivity index (χ2n) is 6.59. The van der Waals surface area contributed by atoms with Crippen LogP contribution in [0.3, 0.4) is 0 Å². The fourth-order valence-electron chi connectivity index (χ4n) is 3.19. The minimum Gasteiger partial charge on any atom is -0.496 e. The Labute approximate surface area is 154 Å². The van der Waals surface area contributed by atoms with Crippen molar-refractivity contribution in [1.82, 2.24) is 15.5 Å². The van der Waals surface area contributed by atoms with E-state index in [0.29, 0.717) is 32.6 Å². The van der Waals surface area contributed by atoms with Gasteiger partial charge in [-0.2, -0.15) is 0 Å². The normalized spacial score (nSPS) is 17.7. The smallest absolute Gasteiger partial charge is 0.237 e. The lowest BCUT2D eigenvalue weighted by atomic mass is 10.00. The molecule has 0 aliphatic carbocycles. The Balaban J connectivity index is 2.09. The summed E-state index contributed by atoms with van der Waals surface area (Å²) in [5.41, 5.74) is 3.36. The van der Waals surface area contributed by atoms with E-state index in [1.54, 1.807) is 7.11 Å². The minimum atomic E-state index is -0.486. The zero-order valence-corrected chi connectivity index (χ0v) is 15.8. The summed E-state index contributed by atoms with van der Waals surface area (Å²) in [6.45, 7) is 6.41. The molecule has 1 aromatic rings. The molecule has 0 saturated carbocycles. The fraction of sp³-hybridized carbons (Fsp3) is 0.579. The number of nitrogens with zero attached hydrogens (tertiary/aromatic N) is 1. The molecule has 1 aromatic carbocycles.